The minimum atomic E-state index is 0.272. The Bertz CT molecular complexity index is 284. The quantitative estimate of drug-likeness (QED) is 0.772. The van der Waals surface area contributed by atoms with E-state index in [9.17, 15) is 5.11 Å². The molecule has 0 aromatic heterocycles. The summed E-state index contributed by atoms with van der Waals surface area (Å²) in [7, 11) is 3.76. The zero-order valence-electron chi connectivity index (χ0n) is 8.24. The fourth-order valence-electron chi connectivity index (χ4n) is 1.12. The molecule has 3 nitrogen and oxygen atoms in total. The fourth-order valence-corrected chi connectivity index (χ4v) is 1.12. The second kappa shape index (κ2) is 4.03. The largest absolute Gasteiger partial charge is 0.506 e. The minimum Gasteiger partial charge on any atom is -0.506 e. The van der Waals surface area contributed by atoms with Crippen LogP contribution in [-0.2, 0) is 0 Å². The summed E-state index contributed by atoms with van der Waals surface area (Å²) in [5, 5.41) is 9.48. The standard InChI is InChI=1S/C10H15NO2/c1-4-13-8-5-6-10(12)9(7-8)11(2)3/h5-7,12H,4H2,1-3H3. The number of aromatic hydroxyl groups is 1. The fraction of sp³-hybridized carbons (Fsp3) is 0.400. The maximum absolute atomic E-state index is 9.48. The van der Waals surface area contributed by atoms with Crippen LogP contribution in [0.3, 0.4) is 0 Å². The van der Waals surface area contributed by atoms with Crippen LogP contribution in [0.25, 0.3) is 0 Å². The van der Waals surface area contributed by atoms with Crippen molar-refractivity contribution < 1.29 is 9.84 Å². The van der Waals surface area contributed by atoms with Crippen LogP contribution < -0.4 is 9.64 Å². The van der Waals surface area contributed by atoms with E-state index in [1.165, 1.54) is 0 Å². The van der Waals surface area contributed by atoms with Crippen LogP contribution in [0.4, 0.5) is 5.69 Å². The van der Waals surface area contributed by atoms with Gasteiger partial charge in [0.05, 0.1) is 12.3 Å². The molecular weight excluding hydrogens is 166 g/mol. The van der Waals surface area contributed by atoms with Gasteiger partial charge in [-0.2, -0.15) is 0 Å². The van der Waals surface area contributed by atoms with Crippen LogP contribution in [0, 0.1) is 0 Å². The topological polar surface area (TPSA) is 32.7 Å². The first kappa shape index (κ1) is 9.71. The van der Waals surface area contributed by atoms with Gasteiger partial charge in [0.15, 0.2) is 0 Å². The van der Waals surface area contributed by atoms with Crippen LogP contribution in [0.1, 0.15) is 6.92 Å². The van der Waals surface area contributed by atoms with E-state index >= 15 is 0 Å². The van der Waals surface area contributed by atoms with Crippen molar-refractivity contribution in [3.8, 4) is 11.5 Å². The third-order valence-electron chi connectivity index (χ3n) is 1.74. The summed E-state index contributed by atoms with van der Waals surface area (Å²) < 4.78 is 5.31. The van der Waals surface area contributed by atoms with E-state index in [2.05, 4.69) is 0 Å². The van der Waals surface area contributed by atoms with Gasteiger partial charge in [-0.05, 0) is 19.1 Å². The van der Waals surface area contributed by atoms with Crippen LogP contribution >= 0.6 is 0 Å². The highest BCUT2D eigenvalue weighted by Crippen LogP contribution is 2.29. The van der Waals surface area contributed by atoms with Gasteiger partial charge in [0.25, 0.3) is 0 Å². The van der Waals surface area contributed by atoms with Crippen molar-refractivity contribution in [3.63, 3.8) is 0 Å². The number of phenols is 1. The van der Waals surface area contributed by atoms with Gasteiger partial charge in [-0.25, -0.2) is 0 Å². The Balaban J connectivity index is 2.97. The van der Waals surface area contributed by atoms with Gasteiger partial charge in [-0.3, -0.25) is 0 Å². The lowest BCUT2D eigenvalue weighted by Gasteiger charge is -2.15. The molecule has 0 saturated heterocycles. The summed E-state index contributed by atoms with van der Waals surface area (Å²) in [4.78, 5) is 1.85. The van der Waals surface area contributed by atoms with E-state index in [1.807, 2.05) is 32.0 Å². The molecule has 1 rings (SSSR count). The summed E-state index contributed by atoms with van der Waals surface area (Å²) in [6.45, 7) is 2.57. The molecule has 3 heteroatoms. The lowest BCUT2D eigenvalue weighted by molar-refractivity contribution is 0.339. The van der Waals surface area contributed by atoms with Gasteiger partial charge in [0.2, 0.25) is 0 Å². The first-order valence-electron chi connectivity index (χ1n) is 4.28. The molecule has 0 heterocycles. The van der Waals surface area contributed by atoms with Gasteiger partial charge in [-0.15, -0.1) is 0 Å². The monoisotopic (exact) mass is 181 g/mol. The second-order valence-electron chi connectivity index (χ2n) is 2.98. The molecule has 72 valence electrons. The predicted molar refractivity (Wildman–Crippen MR) is 53.6 cm³/mol. The number of benzene rings is 1. The summed E-state index contributed by atoms with van der Waals surface area (Å²) in [6, 6.07) is 5.21. The van der Waals surface area contributed by atoms with Crippen LogP contribution in [0.2, 0.25) is 0 Å². The molecule has 0 radical (unpaired) electrons. The van der Waals surface area contributed by atoms with Crippen LogP contribution in [-0.4, -0.2) is 25.8 Å². The number of ether oxygens (including phenoxy) is 1. The molecular formula is C10H15NO2. The first-order valence-corrected chi connectivity index (χ1v) is 4.28. The Morgan fingerprint density at radius 2 is 2.08 bits per heavy atom. The van der Waals surface area contributed by atoms with E-state index in [1.54, 1.807) is 12.1 Å². The molecule has 1 aromatic rings. The first-order chi connectivity index (χ1) is 6.15. The van der Waals surface area contributed by atoms with Gasteiger partial charge in [0.1, 0.15) is 11.5 Å². The lowest BCUT2D eigenvalue weighted by atomic mass is 10.2. The van der Waals surface area contributed by atoms with Crippen LogP contribution in [0.15, 0.2) is 18.2 Å². The zero-order valence-corrected chi connectivity index (χ0v) is 8.24. The maximum Gasteiger partial charge on any atom is 0.139 e. The molecule has 0 saturated carbocycles. The molecule has 13 heavy (non-hydrogen) atoms. The smallest absolute Gasteiger partial charge is 0.139 e. The van der Waals surface area contributed by atoms with Gasteiger partial charge in [0, 0.05) is 20.2 Å². The number of rotatable bonds is 3. The van der Waals surface area contributed by atoms with E-state index < -0.39 is 0 Å². The molecule has 0 bridgehead atoms. The number of phenolic OH excluding ortho intramolecular Hbond substituents is 1. The number of anilines is 1. The molecule has 0 aliphatic rings. The normalized spacial score (nSPS) is 9.77. The Labute approximate surface area is 78.6 Å². The van der Waals surface area contributed by atoms with Crippen molar-refractivity contribution in [3.05, 3.63) is 18.2 Å². The molecule has 1 aromatic carbocycles. The van der Waals surface area contributed by atoms with E-state index in [0.29, 0.717) is 6.61 Å². The average Bonchev–Trinajstić information content (AvgIpc) is 2.08. The molecule has 0 aliphatic heterocycles. The van der Waals surface area contributed by atoms with Gasteiger partial charge < -0.3 is 14.7 Å². The van der Waals surface area contributed by atoms with Crippen molar-refractivity contribution in [2.24, 2.45) is 0 Å². The maximum atomic E-state index is 9.48. The summed E-state index contributed by atoms with van der Waals surface area (Å²) in [5.74, 6) is 1.05. The zero-order chi connectivity index (χ0) is 9.84. The Kier molecular flexibility index (Phi) is 3.01. The number of nitrogens with zero attached hydrogens (tertiary/aromatic N) is 1. The van der Waals surface area contributed by atoms with Gasteiger partial charge >= 0.3 is 0 Å². The Hall–Kier alpha value is -1.38. The average molecular weight is 181 g/mol. The van der Waals surface area contributed by atoms with E-state index in [0.717, 1.165) is 11.4 Å². The van der Waals surface area contributed by atoms with Crippen molar-refractivity contribution in [1.82, 2.24) is 0 Å². The van der Waals surface area contributed by atoms with Crippen molar-refractivity contribution in [2.45, 2.75) is 6.92 Å². The van der Waals surface area contributed by atoms with Crippen molar-refractivity contribution in [1.29, 1.82) is 0 Å². The van der Waals surface area contributed by atoms with Crippen LogP contribution in [0.5, 0.6) is 11.5 Å². The summed E-state index contributed by atoms with van der Waals surface area (Å²) >= 11 is 0. The minimum absolute atomic E-state index is 0.272. The third kappa shape index (κ3) is 2.28. The summed E-state index contributed by atoms with van der Waals surface area (Å²) in [6.07, 6.45) is 0. The molecule has 0 atom stereocenters. The highest BCUT2D eigenvalue weighted by molar-refractivity contribution is 5.59. The molecule has 0 unspecified atom stereocenters. The third-order valence-corrected chi connectivity index (χ3v) is 1.74. The van der Waals surface area contributed by atoms with Crippen molar-refractivity contribution >= 4 is 5.69 Å². The molecule has 0 fully saturated rings. The summed E-state index contributed by atoms with van der Waals surface area (Å²) in [5.41, 5.74) is 0.769. The molecule has 1 N–H and O–H groups in total. The highest BCUT2D eigenvalue weighted by Gasteiger charge is 2.04. The second-order valence-corrected chi connectivity index (χ2v) is 2.98. The Morgan fingerprint density at radius 1 is 1.38 bits per heavy atom. The predicted octanol–water partition coefficient (Wildman–Crippen LogP) is 1.86. The van der Waals surface area contributed by atoms with E-state index in [4.69, 9.17) is 4.74 Å². The lowest BCUT2D eigenvalue weighted by Crippen LogP contribution is -2.08. The highest BCUT2D eigenvalue weighted by atomic mass is 16.5. The van der Waals surface area contributed by atoms with Gasteiger partial charge in [-0.1, -0.05) is 0 Å². The number of hydrogen-bond acceptors (Lipinski definition) is 3. The SMILES string of the molecule is CCOc1ccc(O)c(N(C)C)c1. The molecule has 0 amide bonds. The molecule has 0 aliphatic carbocycles. The van der Waals surface area contributed by atoms with Crippen molar-refractivity contribution in [2.75, 3.05) is 25.6 Å². The Morgan fingerprint density at radius 3 is 2.62 bits per heavy atom. The molecule has 0 spiro atoms. The number of hydrogen-bond donors (Lipinski definition) is 1. The van der Waals surface area contributed by atoms with E-state index in [-0.39, 0.29) is 5.75 Å².